The molecule has 1 N–H and O–H groups in total. The highest BCUT2D eigenvalue weighted by Gasteiger charge is 2.38. The van der Waals surface area contributed by atoms with Gasteiger partial charge in [-0.25, -0.2) is 0 Å². The summed E-state index contributed by atoms with van der Waals surface area (Å²) < 4.78 is 7.53. The van der Waals surface area contributed by atoms with E-state index in [0.29, 0.717) is 18.8 Å². The Labute approximate surface area is 208 Å². The number of nitrogens with zero attached hydrogens (tertiary/aromatic N) is 3. The number of para-hydroxylation sites is 2. The Balaban J connectivity index is 1.58. The number of hydrogen-bond donors (Lipinski definition) is 1. The molecule has 0 radical (unpaired) electrons. The normalized spacial score (nSPS) is 15.5. The second kappa shape index (κ2) is 9.84. The second-order valence-corrected chi connectivity index (χ2v) is 9.36. The Morgan fingerprint density at radius 2 is 1.94 bits per heavy atom. The number of ether oxygens (including phenoxy) is 1. The highest BCUT2D eigenvalue weighted by atomic mass is 32.2. The molecule has 3 heterocycles. The molecule has 0 unspecified atom stereocenters. The summed E-state index contributed by atoms with van der Waals surface area (Å²) in [6, 6.07) is 18.6. The van der Waals surface area contributed by atoms with E-state index in [1.807, 2.05) is 67.7 Å². The number of hydrogen-bond acceptors (Lipinski definition) is 5. The molecule has 1 aliphatic heterocycles. The summed E-state index contributed by atoms with van der Waals surface area (Å²) in [7, 11) is 3.60. The smallest absolute Gasteiger partial charge is 0.247 e. The number of aromatic nitrogens is 2. The van der Waals surface area contributed by atoms with Gasteiger partial charge in [0.1, 0.15) is 11.8 Å². The number of amides is 2. The molecule has 0 spiro atoms. The van der Waals surface area contributed by atoms with E-state index < -0.39 is 6.04 Å². The molecule has 0 fully saturated rings. The minimum absolute atomic E-state index is 0.0865. The third-order valence-electron chi connectivity index (χ3n) is 6.30. The van der Waals surface area contributed by atoms with E-state index in [1.165, 1.54) is 11.8 Å². The summed E-state index contributed by atoms with van der Waals surface area (Å²) in [4.78, 5) is 33.2. The van der Waals surface area contributed by atoms with Crippen molar-refractivity contribution in [2.45, 2.75) is 24.2 Å². The van der Waals surface area contributed by atoms with Gasteiger partial charge in [0.2, 0.25) is 11.8 Å². The fraction of sp³-hybridized carbons (Fsp3) is 0.222. The first-order valence-corrected chi connectivity index (χ1v) is 12.3. The number of benzene rings is 2. The van der Waals surface area contributed by atoms with E-state index in [-0.39, 0.29) is 17.6 Å². The van der Waals surface area contributed by atoms with Gasteiger partial charge in [-0.15, -0.1) is 0 Å². The highest BCUT2D eigenvalue weighted by Crippen LogP contribution is 2.42. The third kappa shape index (κ3) is 4.37. The Kier molecular flexibility index (Phi) is 6.46. The summed E-state index contributed by atoms with van der Waals surface area (Å²) in [5, 5.41) is 4.98. The van der Waals surface area contributed by atoms with Crippen molar-refractivity contribution >= 4 is 34.5 Å². The molecule has 0 saturated carbocycles. The van der Waals surface area contributed by atoms with Crippen LogP contribution in [0.4, 0.5) is 0 Å². The van der Waals surface area contributed by atoms with Gasteiger partial charge in [0, 0.05) is 54.6 Å². The number of carbonyl (C=O) groups excluding carboxylic acids is 2. The quantitative estimate of drug-likeness (QED) is 0.445. The number of fused-ring (bicyclic) bond motifs is 3. The van der Waals surface area contributed by atoms with E-state index in [0.717, 1.165) is 32.6 Å². The van der Waals surface area contributed by atoms with Crippen molar-refractivity contribution in [1.29, 1.82) is 0 Å². The number of aryl methyl sites for hydroxylation is 1. The van der Waals surface area contributed by atoms with E-state index >= 15 is 0 Å². The van der Waals surface area contributed by atoms with Crippen molar-refractivity contribution in [3.63, 3.8) is 0 Å². The predicted octanol–water partition coefficient (Wildman–Crippen LogP) is 4.07. The van der Waals surface area contributed by atoms with Gasteiger partial charge >= 0.3 is 0 Å². The van der Waals surface area contributed by atoms with Gasteiger partial charge in [0.15, 0.2) is 0 Å². The van der Waals surface area contributed by atoms with Crippen LogP contribution in [0.25, 0.3) is 10.9 Å². The maximum atomic E-state index is 13.9. The van der Waals surface area contributed by atoms with E-state index in [4.69, 9.17) is 4.74 Å². The molecule has 5 rings (SSSR count). The van der Waals surface area contributed by atoms with Crippen LogP contribution in [0.15, 0.2) is 78.1 Å². The predicted molar refractivity (Wildman–Crippen MR) is 136 cm³/mol. The maximum Gasteiger partial charge on any atom is 0.247 e. The first kappa shape index (κ1) is 23.0. The average molecular weight is 487 g/mol. The number of rotatable bonds is 6. The molecule has 35 heavy (non-hydrogen) atoms. The zero-order chi connectivity index (χ0) is 24.4. The maximum absolute atomic E-state index is 13.9. The zero-order valence-electron chi connectivity index (χ0n) is 19.6. The molecule has 0 aliphatic carbocycles. The summed E-state index contributed by atoms with van der Waals surface area (Å²) in [6.45, 7) is 0.587. The largest absolute Gasteiger partial charge is 0.496 e. The second-order valence-electron chi connectivity index (χ2n) is 8.40. The molecule has 0 bridgehead atoms. The van der Waals surface area contributed by atoms with Crippen LogP contribution >= 0.6 is 11.8 Å². The molecule has 8 heteroatoms. The lowest BCUT2D eigenvalue weighted by molar-refractivity contribution is -0.139. The van der Waals surface area contributed by atoms with Crippen molar-refractivity contribution in [2.24, 2.45) is 7.05 Å². The van der Waals surface area contributed by atoms with Gasteiger partial charge in [0.25, 0.3) is 0 Å². The van der Waals surface area contributed by atoms with Gasteiger partial charge < -0.3 is 19.5 Å². The highest BCUT2D eigenvalue weighted by molar-refractivity contribution is 8.00. The van der Waals surface area contributed by atoms with Crippen molar-refractivity contribution in [3.8, 4) is 5.75 Å². The van der Waals surface area contributed by atoms with Crippen LogP contribution in [0.2, 0.25) is 0 Å². The zero-order valence-corrected chi connectivity index (χ0v) is 20.4. The Morgan fingerprint density at radius 1 is 1.14 bits per heavy atom. The Bertz CT molecular complexity index is 1390. The molecule has 2 aromatic heterocycles. The van der Waals surface area contributed by atoms with Crippen molar-refractivity contribution in [1.82, 2.24) is 19.8 Å². The van der Waals surface area contributed by atoms with Crippen LogP contribution in [0, 0.1) is 0 Å². The van der Waals surface area contributed by atoms with Gasteiger partial charge in [-0.1, -0.05) is 54.2 Å². The molecule has 178 valence electrons. The van der Waals surface area contributed by atoms with Crippen LogP contribution in [0.5, 0.6) is 5.75 Å². The van der Waals surface area contributed by atoms with Gasteiger partial charge in [-0.05, 0) is 23.8 Å². The number of carbonyl (C=O) groups is 2. The SMILES string of the molecule is COc1ccccc1CNC(=O)[C@H]1c2c(n(C)c3ccccc23)SCC(=O)N1Cc1cccnc1. The fourth-order valence-electron chi connectivity index (χ4n) is 4.62. The molecular formula is C27H26N4O3S. The number of methoxy groups -OCH3 is 1. The number of pyridine rings is 1. The van der Waals surface area contributed by atoms with Gasteiger partial charge in [-0.3, -0.25) is 14.6 Å². The lowest BCUT2D eigenvalue weighted by Crippen LogP contribution is -2.43. The minimum Gasteiger partial charge on any atom is -0.496 e. The summed E-state index contributed by atoms with van der Waals surface area (Å²) in [6.07, 6.45) is 3.43. The van der Waals surface area contributed by atoms with Gasteiger partial charge in [-0.2, -0.15) is 0 Å². The number of thioether (sulfide) groups is 1. The molecule has 4 aromatic rings. The van der Waals surface area contributed by atoms with E-state index in [2.05, 4.69) is 14.9 Å². The molecular weight excluding hydrogens is 460 g/mol. The molecule has 2 aromatic carbocycles. The number of nitrogens with one attached hydrogen (secondary N) is 1. The van der Waals surface area contributed by atoms with Crippen LogP contribution in [-0.4, -0.2) is 39.1 Å². The van der Waals surface area contributed by atoms with Gasteiger partial charge in [0.05, 0.1) is 17.9 Å². The Hall–Kier alpha value is -3.78. The van der Waals surface area contributed by atoms with Crippen LogP contribution in [0.3, 0.4) is 0 Å². The van der Waals surface area contributed by atoms with Crippen molar-refractivity contribution < 1.29 is 14.3 Å². The monoisotopic (exact) mass is 486 g/mol. The average Bonchev–Trinajstić information content (AvgIpc) is 3.08. The molecule has 0 saturated heterocycles. The summed E-state index contributed by atoms with van der Waals surface area (Å²) in [5.41, 5.74) is 3.63. The summed E-state index contributed by atoms with van der Waals surface area (Å²) in [5.74, 6) is 0.649. The topological polar surface area (TPSA) is 76.5 Å². The third-order valence-corrected chi connectivity index (χ3v) is 7.46. The minimum atomic E-state index is -0.784. The first-order chi connectivity index (χ1) is 17.1. The Morgan fingerprint density at radius 3 is 2.74 bits per heavy atom. The molecule has 1 atom stereocenters. The lowest BCUT2D eigenvalue weighted by Gasteiger charge is -2.30. The van der Waals surface area contributed by atoms with Crippen LogP contribution < -0.4 is 10.1 Å². The van der Waals surface area contributed by atoms with E-state index in [1.54, 1.807) is 24.4 Å². The lowest BCUT2D eigenvalue weighted by atomic mass is 10.0. The van der Waals surface area contributed by atoms with Crippen LogP contribution in [0.1, 0.15) is 22.7 Å². The molecule has 7 nitrogen and oxygen atoms in total. The van der Waals surface area contributed by atoms with Crippen molar-refractivity contribution in [3.05, 3.63) is 89.7 Å². The van der Waals surface area contributed by atoms with E-state index in [9.17, 15) is 9.59 Å². The molecule has 2 amide bonds. The standard InChI is InChI=1S/C27H26N4O3S/c1-30-21-11-5-4-10-20(21)24-25(26(33)29-15-19-9-3-6-12-22(19)34-2)31(23(32)17-35-27(24)30)16-18-8-7-13-28-14-18/h3-14,25H,15-17H2,1-2H3,(H,29,33)/t25-/m1/s1. The van der Waals surface area contributed by atoms with Crippen molar-refractivity contribution in [2.75, 3.05) is 12.9 Å². The molecule has 1 aliphatic rings. The first-order valence-electron chi connectivity index (χ1n) is 11.4. The van der Waals surface area contributed by atoms with Crippen LogP contribution in [-0.2, 0) is 29.7 Å². The fourth-order valence-corrected chi connectivity index (χ4v) is 5.71. The summed E-state index contributed by atoms with van der Waals surface area (Å²) >= 11 is 1.48.